The van der Waals surface area contributed by atoms with Gasteiger partial charge in [0.1, 0.15) is 11.6 Å². The summed E-state index contributed by atoms with van der Waals surface area (Å²) in [6.45, 7) is 0. The van der Waals surface area contributed by atoms with Gasteiger partial charge in [-0.3, -0.25) is 4.79 Å². The summed E-state index contributed by atoms with van der Waals surface area (Å²) in [5.41, 5.74) is 1.50. The highest BCUT2D eigenvalue weighted by Crippen LogP contribution is 2.16. The maximum Gasteiger partial charge on any atom is 0.266 e. The van der Waals surface area contributed by atoms with E-state index in [4.69, 9.17) is 5.26 Å². The maximum absolute atomic E-state index is 12.1. The van der Waals surface area contributed by atoms with Crippen molar-refractivity contribution in [1.82, 2.24) is 4.57 Å². The predicted octanol–water partition coefficient (Wildman–Crippen LogP) is 3.33. The number of benzene rings is 1. The molecular formula is C15H12BrN3O. The van der Waals surface area contributed by atoms with E-state index in [9.17, 15) is 4.79 Å². The Hall–Kier alpha value is -2.32. The first-order valence-corrected chi connectivity index (χ1v) is 6.69. The third-order valence-electron chi connectivity index (χ3n) is 2.72. The van der Waals surface area contributed by atoms with E-state index in [0.29, 0.717) is 5.69 Å². The van der Waals surface area contributed by atoms with Crippen LogP contribution in [0.5, 0.6) is 0 Å². The van der Waals surface area contributed by atoms with Gasteiger partial charge in [-0.05, 0) is 36.4 Å². The van der Waals surface area contributed by atoms with Crippen LogP contribution >= 0.6 is 15.9 Å². The van der Waals surface area contributed by atoms with Gasteiger partial charge in [0.15, 0.2) is 0 Å². The standard InChI is InChI=1S/C15H12BrN3O/c1-19-7-3-6-14(19)8-11(10-17)15(20)18-13-5-2-4-12(16)9-13/h2-9H,1H3,(H,18,20)/b11-8-. The van der Waals surface area contributed by atoms with E-state index in [1.54, 1.807) is 18.2 Å². The molecule has 0 fully saturated rings. The number of aromatic nitrogens is 1. The zero-order chi connectivity index (χ0) is 14.5. The number of rotatable bonds is 3. The minimum absolute atomic E-state index is 0.0618. The molecule has 2 aromatic rings. The molecule has 0 atom stereocenters. The molecule has 0 radical (unpaired) electrons. The third kappa shape index (κ3) is 3.37. The first-order valence-electron chi connectivity index (χ1n) is 5.90. The van der Waals surface area contributed by atoms with Crippen molar-refractivity contribution in [3.8, 4) is 6.07 Å². The zero-order valence-electron chi connectivity index (χ0n) is 10.8. The van der Waals surface area contributed by atoms with Gasteiger partial charge in [0.25, 0.3) is 5.91 Å². The van der Waals surface area contributed by atoms with E-state index in [1.807, 2.05) is 48.1 Å². The van der Waals surface area contributed by atoms with E-state index < -0.39 is 5.91 Å². The topological polar surface area (TPSA) is 57.8 Å². The fraction of sp³-hybridized carbons (Fsp3) is 0.0667. The van der Waals surface area contributed by atoms with Crippen LogP contribution < -0.4 is 5.32 Å². The lowest BCUT2D eigenvalue weighted by molar-refractivity contribution is -0.112. The molecule has 100 valence electrons. The van der Waals surface area contributed by atoms with Crippen LogP contribution in [0.1, 0.15) is 5.69 Å². The van der Waals surface area contributed by atoms with Gasteiger partial charge >= 0.3 is 0 Å². The molecule has 1 amide bonds. The molecular weight excluding hydrogens is 318 g/mol. The van der Waals surface area contributed by atoms with Crippen LogP contribution in [0.15, 0.2) is 52.6 Å². The van der Waals surface area contributed by atoms with Crippen LogP contribution in [0.25, 0.3) is 6.08 Å². The van der Waals surface area contributed by atoms with E-state index in [0.717, 1.165) is 10.2 Å². The molecule has 0 bridgehead atoms. The number of carbonyl (C=O) groups excluding carboxylic acids is 1. The zero-order valence-corrected chi connectivity index (χ0v) is 12.4. The van der Waals surface area contributed by atoms with Crippen LogP contribution in [0.2, 0.25) is 0 Å². The lowest BCUT2D eigenvalue weighted by Gasteiger charge is -2.05. The van der Waals surface area contributed by atoms with Crippen molar-refractivity contribution < 1.29 is 4.79 Å². The number of amides is 1. The van der Waals surface area contributed by atoms with E-state index in [2.05, 4.69) is 21.2 Å². The molecule has 0 aliphatic carbocycles. The second-order valence-electron chi connectivity index (χ2n) is 4.18. The summed E-state index contributed by atoms with van der Waals surface area (Å²) in [5, 5.41) is 11.8. The van der Waals surface area contributed by atoms with Crippen LogP contribution in [-0.4, -0.2) is 10.5 Å². The Kier molecular flexibility index (Phi) is 4.38. The Bertz CT molecular complexity index is 710. The van der Waals surface area contributed by atoms with Crippen molar-refractivity contribution in [3.05, 3.63) is 58.3 Å². The summed E-state index contributed by atoms with van der Waals surface area (Å²) < 4.78 is 2.70. The lowest BCUT2D eigenvalue weighted by atomic mass is 10.2. The molecule has 0 aliphatic heterocycles. The van der Waals surface area contributed by atoms with Crippen LogP contribution in [-0.2, 0) is 11.8 Å². The Morgan fingerprint density at radius 2 is 2.20 bits per heavy atom. The van der Waals surface area contributed by atoms with E-state index in [1.165, 1.54) is 0 Å². The van der Waals surface area contributed by atoms with Gasteiger partial charge < -0.3 is 9.88 Å². The molecule has 1 heterocycles. The smallest absolute Gasteiger partial charge is 0.266 e. The molecule has 0 aliphatic rings. The van der Waals surface area contributed by atoms with Crippen molar-refractivity contribution in [2.45, 2.75) is 0 Å². The first-order chi connectivity index (χ1) is 9.60. The van der Waals surface area contributed by atoms with Gasteiger partial charge in [-0.1, -0.05) is 22.0 Å². The first kappa shape index (κ1) is 14.1. The van der Waals surface area contributed by atoms with Gasteiger partial charge in [0.2, 0.25) is 0 Å². The number of carbonyl (C=O) groups is 1. The van der Waals surface area contributed by atoms with Crippen LogP contribution in [0, 0.1) is 11.3 Å². The highest BCUT2D eigenvalue weighted by molar-refractivity contribution is 9.10. The molecule has 5 heteroatoms. The summed E-state index contributed by atoms with van der Waals surface area (Å²) in [6.07, 6.45) is 3.42. The number of anilines is 1. The largest absolute Gasteiger partial charge is 0.351 e. The summed E-state index contributed by atoms with van der Waals surface area (Å²) in [7, 11) is 1.85. The van der Waals surface area contributed by atoms with E-state index in [-0.39, 0.29) is 5.57 Å². The van der Waals surface area contributed by atoms with Gasteiger partial charge in [-0.2, -0.15) is 5.26 Å². The minimum Gasteiger partial charge on any atom is -0.351 e. The predicted molar refractivity (Wildman–Crippen MR) is 81.8 cm³/mol. The third-order valence-corrected chi connectivity index (χ3v) is 3.22. The number of nitrogens with zero attached hydrogens (tertiary/aromatic N) is 2. The lowest BCUT2D eigenvalue weighted by Crippen LogP contribution is -2.13. The fourth-order valence-electron chi connectivity index (χ4n) is 1.69. The minimum atomic E-state index is -0.424. The highest BCUT2D eigenvalue weighted by atomic mass is 79.9. The number of nitriles is 1. The molecule has 0 unspecified atom stereocenters. The quantitative estimate of drug-likeness (QED) is 0.693. The fourth-order valence-corrected chi connectivity index (χ4v) is 2.08. The number of hydrogen-bond donors (Lipinski definition) is 1. The molecule has 20 heavy (non-hydrogen) atoms. The van der Waals surface area contributed by atoms with Gasteiger partial charge in [0, 0.05) is 29.1 Å². The Labute approximate surface area is 125 Å². The number of nitrogens with one attached hydrogen (secondary N) is 1. The van der Waals surface area contributed by atoms with Gasteiger partial charge in [-0.25, -0.2) is 0 Å². The molecule has 2 rings (SSSR count). The summed E-state index contributed by atoms with van der Waals surface area (Å²) in [6, 6.07) is 12.8. The summed E-state index contributed by atoms with van der Waals surface area (Å²) in [5.74, 6) is -0.424. The normalized spacial score (nSPS) is 10.9. The molecule has 1 aromatic carbocycles. The molecule has 0 spiro atoms. The SMILES string of the molecule is Cn1cccc1/C=C(/C#N)C(=O)Nc1cccc(Br)c1. The summed E-state index contributed by atoms with van der Waals surface area (Å²) in [4.78, 5) is 12.1. The Morgan fingerprint density at radius 3 is 2.80 bits per heavy atom. The molecule has 0 saturated heterocycles. The molecule has 1 aromatic heterocycles. The van der Waals surface area contributed by atoms with Crippen LogP contribution in [0.3, 0.4) is 0 Å². The summed E-state index contributed by atoms with van der Waals surface area (Å²) >= 11 is 3.33. The molecule has 0 saturated carbocycles. The molecule has 4 nitrogen and oxygen atoms in total. The average molecular weight is 330 g/mol. The van der Waals surface area contributed by atoms with Crippen molar-refractivity contribution in [1.29, 1.82) is 5.26 Å². The van der Waals surface area contributed by atoms with Crippen molar-refractivity contribution in [2.24, 2.45) is 7.05 Å². The number of hydrogen-bond acceptors (Lipinski definition) is 2. The second kappa shape index (κ2) is 6.22. The highest BCUT2D eigenvalue weighted by Gasteiger charge is 2.10. The van der Waals surface area contributed by atoms with Crippen LogP contribution in [0.4, 0.5) is 5.69 Å². The Balaban J connectivity index is 2.21. The molecule has 1 N–H and O–H groups in total. The van der Waals surface area contributed by atoms with E-state index >= 15 is 0 Å². The van der Waals surface area contributed by atoms with Crippen molar-refractivity contribution >= 4 is 33.6 Å². The average Bonchev–Trinajstić information content (AvgIpc) is 2.81. The monoisotopic (exact) mass is 329 g/mol. The maximum atomic E-state index is 12.1. The number of aryl methyl sites for hydroxylation is 1. The Morgan fingerprint density at radius 1 is 1.40 bits per heavy atom. The van der Waals surface area contributed by atoms with Gasteiger partial charge in [-0.15, -0.1) is 0 Å². The van der Waals surface area contributed by atoms with Crippen molar-refractivity contribution in [2.75, 3.05) is 5.32 Å². The van der Waals surface area contributed by atoms with Gasteiger partial charge in [0.05, 0.1) is 0 Å². The van der Waals surface area contributed by atoms with Crippen molar-refractivity contribution in [3.63, 3.8) is 0 Å². The second-order valence-corrected chi connectivity index (χ2v) is 5.09. The number of halogens is 1.